The van der Waals surface area contributed by atoms with Crippen LogP contribution < -0.4 is 10.6 Å². The molecule has 0 bridgehead atoms. The standard InChI is InChI=1S/C17H26N2/c1-2-4-16-13-14(5-6-15(16)3-1)7-12-19-17-8-10-18-11-9-17/h5-6,13,17-19H,1-4,7-12H2. The Morgan fingerprint density at radius 3 is 2.68 bits per heavy atom. The van der Waals surface area contributed by atoms with E-state index in [2.05, 4.69) is 28.8 Å². The van der Waals surface area contributed by atoms with Crippen LogP contribution in [0.25, 0.3) is 0 Å². The van der Waals surface area contributed by atoms with Gasteiger partial charge in [0.05, 0.1) is 0 Å². The minimum Gasteiger partial charge on any atom is -0.317 e. The van der Waals surface area contributed by atoms with Crippen molar-refractivity contribution in [2.45, 2.75) is 51.0 Å². The Morgan fingerprint density at radius 1 is 1.05 bits per heavy atom. The van der Waals surface area contributed by atoms with E-state index in [1.807, 2.05) is 0 Å². The van der Waals surface area contributed by atoms with Crippen LogP contribution in [0.2, 0.25) is 0 Å². The minimum absolute atomic E-state index is 0.735. The Hall–Kier alpha value is -0.860. The topological polar surface area (TPSA) is 24.1 Å². The van der Waals surface area contributed by atoms with Gasteiger partial charge in [0.1, 0.15) is 0 Å². The molecule has 0 amide bonds. The average molecular weight is 258 g/mol. The van der Waals surface area contributed by atoms with Gasteiger partial charge in [0.2, 0.25) is 0 Å². The average Bonchev–Trinajstić information content (AvgIpc) is 2.48. The Morgan fingerprint density at radius 2 is 1.84 bits per heavy atom. The van der Waals surface area contributed by atoms with Crippen LogP contribution in [0, 0.1) is 0 Å². The number of hydrogen-bond donors (Lipinski definition) is 2. The molecular weight excluding hydrogens is 232 g/mol. The van der Waals surface area contributed by atoms with Crippen LogP contribution in [-0.4, -0.2) is 25.7 Å². The zero-order valence-electron chi connectivity index (χ0n) is 11.9. The molecule has 1 saturated heterocycles. The number of aryl methyl sites for hydroxylation is 2. The highest BCUT2D eigenvalue weighted by Crippen LogP contribution is 2.22. The zero-order chi connectivity index (χ0) is 12.9. The SMILES string of the molecule is c1cc2c(cc1CCNC1CCNCC1)CCCC2. The number of benzene rings is 1. The third-order valence-electron chi connectivity index (χ3n) is 4.60. The maximum atomic E-state index is 3.71. The van der Waals surface area contributed by atoms with Crippen molar-refractivity contribution in [3.8, 4) is 0 Å². The molecule has 1 aromatic rings. The van der Waals surface area contributed by atoms with Crippen LogP contribution in [0.15, 0.2) is 18.2 Å². The van der Waals surface area contributed by atoms with Crippen molar-refractivity contribution < 1.29 is 0 Å². The maximum absolute atomic E-state index is 3.71. The van der Waals surface area contributed by atoms with Crippen molar-refractivity contribution in [3.63, 3.8) is 0 Å². The van der Waals surface area contributed by atoms with E-state index in [-0.39, 0.29) is 0 Å². The van der Waals surface area contributed by atoms with E-state index in [4.69, 9.17) is 0 Å². The number of rotatable bonds is 4. The Bertz CT molecular complexity index is 408. The fraction of sp³-hybridized carbons (Fsp3) is 0.647. The number of nitrogens with one attached hydrogen (secondary N) is 2. The second-order valence-electron chi connectivity index (χ2n) is 6.04. The lowest BCUT2D eigenvalue weighted by Crippen LogP contribution is -2.40. The number of hydrogen-bond acceptors (Lipinski definition) is 2. The van der Waals surface area contributed by atoms with Gasteiger partial charge < -0.3 is 10.6 Å². The van der Waals surface area contributed by atoms with E-state index in [1.165, 1.54) is 63.6 Å². The second-order valence-corrected chi connectivity index (χ2v) is 6.04. The van der Waals surface area contributed by atoms with E-state index < -0.39 is 0 Å². The van der Waals surface area contributed by atoms with Crippen LogP contribution in [0.5, 0.6) is 0 Å². The van der Waals surface area contributed by atoms with Crippen molar-refractivity contribution in [2.75, 3.05) is 19.6 Å². The predicted octanol–water partition coefficient (Wildman–Crippen LogP) is 2.45. The Labute approximate surface area is 117 Å². The molecular formula is C17H26N2. The monoisotopic (exact) mass is 258 g/mol. The highest BCUT2D eigenvalue weighted by atomic mass is 15.0. The molecule has 1 heterocycles. The molecule has 19 heavy (non-hydrogen) atoms. The number of fused-ring (bicyclic) bond motifs is 1. The molecule has 0 atom stereocenters. The van der Waals surface area contributed by atoms with Crippen molar-refractivity contribution in [1.82, 2.24) is 10.6 Å². The molecule has 1 fully saturated rings. The summed E-state index contributed by atoms with van der Waals surface area (Å²) in [7, 11) is 0. The van der Waals surface area contributed by atoms with Crippen molar-refractivity contribution in [3.05, 3.63) is 34.9 Å². The van der Waals surface area contributed by atoms with Crippen LogP contribution in [0.3, 0.4) is 0 Å². The van der Waals surface area contributed by atoms with Crippen LogP contribution in [-0.2, 0) is 19.3 Å². The molecule has 0 radical (unpaired) electrons. The van der Waals surface area contributed by atoms with Crippen LogP contribution >= 0.6 is 0 Å². The van der Waals surface area contributed by atoms with Crippen molar-refractivity contribution in [2.24, 2.45) is 0 Å². The maximum Gasteiger partial charge on any atom is 0.00913 e. The van der Waals surface area contributed by atoms with Gasteiger partial charge >= 0.3 is 0 Å². The molecule has 0 saturated carbocycles. The smallest absolute Gasteiger partial charge is 0.00913 e. The minimum atomic E-state index is 0.735. The first-order valence-electron chi connectivity index (χ1n) is 7.96. The largest absolute Gasteiger partial charge is 0.317 e. The van der Waals surface area contributed by atoms with Gasteiger partial charge in [-0.15, -0.1) is 0 Å². The van der Waals surface area contributed by atoms with Gasteiger partial charge in [-0.1, -0.05) is 18.2 Å². The Balaban J connectivity index is 1.49. The summed E-state index contributed by atoms with van der Waals surface area (Å²) in [5.41, 5.74) is 4.73. The normalized spacial score (nSPS) is 20.2. The van der Waals surface area contributed by atoms with Gasteiger partial charge in [-0.3, -0.25) is 0 Å². The first-order valence-corrected chi connectivity index (χ1v) is 7.96. The van der Waals surface area contributed by atoms with Gasteiger partial charge in [0.15, 0.2) is 0 Å². The molecule has 2 heteroatoms. The van der Waals surface area contributed by atoms with Gasteiger partial charge in [-0.05, 0) is 81.3 Å². The third kappa shape index (κ3) is 3.58. The van der Waals surface area contributed by atoms with E-state index >= 15 is 0 Å². The lowest BCUT2D eigenvalue weighted by atomic mass is 9.90. The number of piperidine rings is 1. The van der Waals surface area contributed by atoms with Gasteiger partial charge in [0, 0.05) is 6.04 Å². The van der Waals surface area contributed by atoms with Crippen LogP contribution in [0.4, 0.5) is 0 Å². The summed E-state index contributed by atoms with van der Waals surface area (Å²) in [6, 6.07) is 7.90. The first kappa shape index (κ1) is 13.1. The van der Waals surface area contributed by atoms with Gasteiger partial charge in [-0.25, -0.2) is 0 Å². The summed E-state index contributed by atoms with van der Waals surface area (Å²) >= 11 is 0. The molecule has 0 spiro atoms. The molecule has 0 unspecified atom stereocenters. The molecule has 1 aliphatic heterocycles. The molecule has 0 aromatic heterocycles. The van der Waals surface area contributed by atoms with Crippen molar-refractivity contribution >= 4 is 0 Å². The lowest BCUT2D eigenvalue weighted by molar-refractivity contribution is 0.389. The fourth-order valence-electron chi connectivity index (χ4n) is 3.39. The van der Waals surface area contributed by atoms with Gasteiger partial charge in [0.25, 0.3) is 0 Å². The zero-order valence-corrected chi connectivity index (χ0v) is 11.9. The summed E-state index contributed by atoms with van der Waals surface area (Å²) in [6.45, 7) is 3.48. The van der Waals surface area contributed by atoms with Crippen molar-refractivity contribution in [1.29, 1.82) is 0 Å². The molecule has 104 valence electrons. The second kappa shape index (κ2) is 6.53. The third-order valence-corrected chi connectivity index (χ3v) is 4.60. The first-order chi connectivity index (χ1) is 9.42. The summed E-state index contributed by atoms with van der Waals surface area (Å²) in [5, 5.41) is 7.13. The molecule has 1 aromatic carbocycles. The summed E-state index contributed by atoms with van der Waals surface area (Å²) in [4.78, 5) is 0. The quantitative estimate of drug-likeness (QED) is 0.867. The molecule has 2 nitrogen and oxygen atoms in total. The van der Waals surface area contributed by atoms with E-state index in [1.54, 1.807) is 11.1 Å². The predicted molar refractivity (Wildman–Crippen MR) is 80.7 cm³/mol. The van der Waals surface area contributed by atoms with E-state index in [9.17, 15) is 0 Å². The van der Waals surface area contributed by atoms with E-state index in [0.717, 1.165) is 12.6 Å². The molecule has 1 aliphatic carbocycles. The van der Waals surface area contributed by atoms with E-state index in [0.29, 0.717) is 0 Å². The summed E-state index contributed by atoms with van der Waals surface area (Å²) < 4.78 is 0. The summed E-state index contributed by atoms with van der Waals surface area (Å²) in [5.74, 6) is 0. The lowest BCUT2D eigenvalue weighted by Gasteiger charge is -2.24. The molecule has 2 aliphatic rings. The van der Waals surface area contributed by atoms with Crippen LogP contribution in [0.1, 0.15) is 42.4 Å². The highest BCUT2D eigenvalue weighted by molar-refractivity contribution is 5.33. The molecule has 2 N–H and O–H groups in total. The highest BCUT2D eigenvalue weighted by Gasteiger charge is 2.12. The summed E-state index contributed by atoms with van der Waals surface area (Å²) in [6.07, 6.45) is 9.09. The van der Waals surface area contributed by atoms with Gasteiger partial charge in [-0.2, -0.15) is 0 Å². The Kier molecular flexibility index (Phi) is 4.52. The molecule has 3 rings (SSSR count). The fourth-order valence-corrected chi connectivity index (χ4v) is 3.39.